The van der Waals surface area contributed by atoms with E-state index in [2.05, 4.69) is 80.6 Å². The molecule has 0 aliphatic carbocycles. The number of para-hydroxylation sites is 1. The van der Waals surface area contributed by atoms with Gasteiger partial charge in [0.05, 0.1) is 0 Å². The molecular formula is C26H31N7S. The number of benzene rings is 2. The van der Waals surface area contributed by atoms with E-state index in [1.165, 1.54) is 11.3 Å². The maximum Gasteiger partial charge on any atom is 0.229 e. The number of thiocarbonyl (C=S) groups is 1. The highest BCUT2D eigenvalue weighted by Crippen LogP contribution is 2.18. The number of aromatic nitrogens is 2. The van der Waals surface area contributed by atoms with Crippen LogP contribution < -0.4 is 15.5 Å². The average molecular weight is 474 g/mol. The Balaban J connectivity index is 1.54. The van der Waals surface area contributed by atoms with Crippen LogP contribution >= 0.6 is 12.2 Å². The Bertz CT molecular complexity index is 1160. The fourth-order valence-corrected chi connectivity index (χ4v) is 4.26. The summed E-state index contributed by atoms with van der Waals surface area (Å²) in [7, 11) is 0. The molecule has 176 valence electrons. The fraction of sp³-hybridized carbons (Fsp3) is 0.308. The van der Waals surface area contributed by atoms with E-state index in [9.17, 15) is 0 Å². The first-order valence-electron chi connectivity index (χ1n) is 11.5. The van der Waals surface area contributed by atoms with Gasteiger partial charge in [-0.1, -0.05) is 35.9 Å². The summed E-state index contributed by atoms with van der Waals surface area (Å²) in [6.07, 6.45) is 0. The van der Waals surface area contributed by atoms with Crippen molar-refractivity contribution in [1.29, 1.82) is 0 Å². The summed E-state index contributed by atoms with van der Waals surface area (Å²) in [5, 5.41) is 7.00. The van der Waals surface area contributed by atoms with Crippen molar-refractivity contribution in [3.8, 4) is 0 Å². The van der Waals surface area contributed by atoms with Gasteiger partial charge in [-0.05, 0) is 69.7 Å². The molecule has 0 amide bonds. The van der Waals surface area contributed by atoms with Gasteiger partial charge in [0.25, 0.3) is 0 Å². The zero-order valence-electron chi connectivity index (χ0n) is 20.2. The van der Waals surface area contributed by atoms with Crippen molar-refractivity contribution in [3.63, 3.8) is 0 Å². The van der Waals surface area contributed by atoms with Gasteiger partial charge < -0.3 is 15.1 Å². The highest BCUT2D eigenvalue weighted by Gasteiger charge is 2.21. The number of hydrogen-bond acceptors (Lipinski definition) is 4. The summed E-state index contributed by atoms with van der Waals surface area (Å²) in [6, 6.07) is 18.7. The Morgan fingerprint density at radius 2 is 1.53 bits per heavy atom. The van der Waals surface area contributed by atoms with Crippen LogP contribution in [0.1, 0.15) is 22.5 Å². The second-order valence-electron chi connectivity index (χ2n) is 8.59. The second kappa shape index (κ2) is 10.6. The van der Waals surface area contributed by atoms with Crippen LogP contribution in [0.4, 0.5) is 17.3 Å². The molecule has 1 fully saturated rings. The molecule has 2 N–H and O–H groups in total. The Labute approximate surface area is 207 Å². The molecule has 34 heavy (non-hydrogen) atoms. The molecule has 1 aromatic heterocycles. The SMILES string of the molecule is Cc1ccc(NC(=S)/N=C(/Nc2nc(C)cc(C)n2)N2CCN(c3ccccc3)CC2)c(C)c1. The third-order valence-corrected chi connectivity index (χ3v) is 5.93. The number of guanidine groups is 1. The quantitative estimate of drug-likeness (QED) is 0.325. The Hall–Kier alpha value is -3.52. The van der Waals surface area contributed by atoms with Crippen LogP contribution in [0.2, 0.25) is 0 Å². The molecule has 0 spiro atoms. The summed E-state index contributed by atoms with van der Waals surface area (Å²) >= 11 is 5.63. The summed E-state index contributed by atoms with van der Waals surface area (Å²) < 4.78 is 0. The predicted molar refractivity (Wildman–Crippen MR) is 145 cm³/mol. The smallest absolute Gasteiger partial charge is 0.229 e. The molecule has 2 aromatic carbocycles. The van der Waals surface area contributed by atoms with Crippen LogP contribution in [0, 0.1) is 27.7 Å². The monoisotopic (exact) mass is 473 g/mol. The van der Waals surface area contributed by atoms with Crippen LogP contribution in [0.3, 0.4) is 0 Å². The van der Waals surface area contributed by atoms with Crippen LogP contribution in [-0.2, 0) is 0 Å². The molecule has 0 radical (unpaired) electrons. The molecule has 8 heteroatoms. The fourth-order valence-electron chi connectivity index (χ4n) is 4.07. The van der Waals surface area contributed by atoms with E-state index >= 15 is 0 Å². The standard InChI is InChI=1S/C26H31N7S/c1-18-10-11-23(19(2)16-18)29-26(34)31-25(30-24-27-20(3)17-21(4)28-24)33-14-12-32(13-15-33)22-8-6-5-7-9-22/h5-11,16-17H,12-15H2,1-4H3,(H2,27,28,29,30,31,34). The summed E-state index contributed by atoms with van der Waals surface area (Å²) in [6.45, 7) is 11.4. The molecule has 1 saturated heterocycles. The van der Waals surface area contributed by atoms with Gasteiger partial charge in [-0.15, -0.1) is 0 Å². The van der Waals surface area contributed by atoms with E-state index in [1.807, 2.05) is 32.0 Å². The predicted octanol–water partition coefficient (Wildman–Crippen LogP) is 4.70. The first-order chi connectivity index (χ1) is 16.4. The molecule has 4 rings (SSSR count). The zero-order chi connectivity index (χ0) is 24.1. The molecule has 0 saturated carbocycles. The van der Waals surface area contributed by atoms with Gasteiger partial charge in [0, 0.05) is 48.9 Å². The van der Waals surface area contributed by atoms with E-state index in [-0.39, 0.29) is 0 Å². The van der Waals surface area contributed by atoms with Crippen molar-refractivity contribution in [2.75, 3.05) is 41.7 Å². The van der Waals surface area contributed by atoms with Crippen molar-refractivity contribution in [3.05, 3.63) is 77.1 Å². The van der Waals surface area contributed by atoms with Crippen molar-refractivity contribution >= 4 is 40.6 Å². The minimum absolute atomic E-state index is 0.393. The van der Waals surface area contributed by atoms with Crippen molar-refractivity contribution in [2.24, 2.45) is 4.99 Å². The van der Waals surface area contributed by atoms with Crippen LogP contribution in [-0.4, -0.2) is 52.1 Å². The number of hydrogen-bond donors (Lipinski definition) is 2. The third kappa shape index (κ3) is 6.08. The normalized spacial score (nSPS) is 14.2. The Kier molecular flexibility index (Phi) is 7.37. The maximum atomic E-state index is 5.63. The van der Waals surface area contributed by atoms with E-state index in [0.29, 0.717) is 17.0 Å². The van der Waals surface area contributed by atoms with E-state index in [1.54, 1.807) is 0 Å². The van der Waals surface area contributed by atoms with Gasteiger partial charge in [0.1, 0.15) is 0 Å². The summed E-state index contributed by atoms with van der Waals surface area (Å²) in [4.78, 5) is 18.4. The van der Waals surface area contributed by atoms with Crippen LogP contribution in [0.5, 0.6) is 0 Å². The van der Waals surface area contributed by atoms with E-state index in [4.69, 9.17) is 17.2 Å². The lowest BCUT2D eigenvalue weighted by Crippen LogP contribution is -2.51. The van der Waals surface area contributed by atoms with Gasteiger partial charge in [-0.3, -0.25) is 5.32 Å². The summed E-state index contributed by atoms with van der Waals surface area (Å²) in [5.41, 5.74) is 6.33. The van der Waals surface area contributed by atoms with Crippen molar-refractivity contribution in [2.45, 2.75) is 27.7 Å². The Morgan fingerprint density at radius 3 is 2.18 bits per heavy atom. The molecule has 7 nitrogen and oxygen atoms in total. The first kappa shape index (κ1) is 23.6. The van der Waals surface area contributed by atoms with Gasteiger partial charge in [-0.2, -0.15) is 4.99 Å². The topological polar surface area (TPSA) is 68.7 Å². The Morgan fingerprint density at radius 1 is 0.853 bits per heavy atom. The molecule has 3 aromatic rings. The average Bonchev–Trinajstić information content (AvgIpc) is 2.80. The zero-order valence-corrected chi connectivity index (χ0v) is 21.0. The highest BCUT2D eigenvalue weighted by molar-refractivity contribution is 7.80. The molecule has 1 aliphatic rings. The second-order valence-corrected chi connectivity index (χ2v) is 8.98. The number of nitrogens with zero attached hydrogens (tertiary/aromatic N) is 5. The van der Waals surface area contributed by atoms with Crippen LogP contribution in [0.25, 0.3) is 0 Å². The van der Waals surface area contributed by atoms with E-state index in [0.717, 1.165) is 48.8 Å². The number of nitrogens with one attached hydrogen (secondary N) is 2. The van der Waals surface area contributed by atoms with Gasteiger partial charge in [0.15, 0.2) is 0 Å². The molecular weight excluding hydrogens is 442 g/mol. The first-order valence-corrected chi connectivity index (χ1v) is 11.9. The number of piperazine rings is 1. The summed E-state index contributed by atoms with van der Waals surface area (Å²) in [5.74, 6) is 1.18. The lowest BCUT2D eigenvalue weighted by molar-refractivity contribution is 0.385. The van der Waals surface area contributed by atoms with Crippen molar-refractivity contribution < 1.29 is 0 Å². The van der Waals surface area contributed by atoms with Gasteiger partial charge >= 0.3 is 0 Å². The number of anilines is 3. The number of aliphatic imine (C=N–C) groups is 1. The molecule has 2 heterocycles. The third-order valence-electron chi connectivity index (χ3n) is 5.74. The molecule has 0 unspecified atom stereocenters. The number of aryl methyl sites for hydroxylation is 4. The van der Waals surface area contributed by atoms with Crippen molar-refractivity contribution in [1.82, 2.24) is 14.9 Å². The minimum atomic E-state index is 0.393. The minimum Gasteiger partial charge on any atom is -0.368 e. The molecule has 0 atom stereocenters. The molecule has 1 aliphatic heterocycles. The lowest BCUT2D eigenvalue weighted by atomic mass is 10.1. The van der Waals surface area contributed by atoms with Gasteiger partial charge in [0.2, 0.25) is 17.0 Å². The highest BCUT2D eigenvalue weighted by atomic mass is 32.1. The maximum absolute atomic E-state index is 5.63. The largest absolute Gasteiger partial charge is 0.368 e. The van der Waals surface area contributed by atoms with E-state index < -0.39 is 0 Å². The lowest BCUT2D eigenvalue weighted by Gasteiger charge is -2.37. The van der Waals surface area contributed by atoms with Gasteiger partial charge in [-0.25, -0.2) is 9.97 Å². The number of rotatable bonds is 3. The molecule has 0 bridgehead atoms. The van der Waals surface area contributed by atoms with Crippen LogP contribution in [0.15, 0.2) is 59.6 Å².